The molecule has 0 saturated heterocycles. The van der Waals surface area contributed by atoms with E-state index in [1.165, 1.54) is 7.11 Å². The lowest BCUT2D eigenvalue weighted by Gasteiger charge is -2.08. The summed E-state index contributed by atoms with van der Waals surface area (Å²) in [6.45, 7) is 1.71. The molecule has 0 aromatic carbocycles. The molecule has 0 atom stereocenters. The Balaban J connectivity index is 2.33. The number of aryl methyl sites for hydroxylation is 1. The van der Waals surface area contributed by atoms with Crippen LogP contribution in [0.1, 0.15) is 27.4 Å². The summed E-state index contributed by atoms with van der Waals surface area (Å²) in [5, 5.41) is 0. The molecule has 0 unspecified atom stereocenters. The van der Waals surface area contributed by atoms with Crippen LogP contribution in [0.4, 0.5) is 5.82 Å². The van der Waals surface area contributed by atoms with Gasteiger partial charge in [0.05, 0.1) is 12.8 Å². The van der Waals surface area contributed by atoms with Gasteiger partial charge in [-0.3, -0.25) is 4.98 Å². The van der Waals surface area contributed by atoms with Crippen molar-refractivity contribution >= 4 is 11.8 Å². The molecule has 0 aliphatic carbocycles. The second-order valence-electron chi connectivity index (χ2n) is 4.02. The summed E-state index contributed by atoms with van der Waals surface area (Å²) in [7, 11) is 1.30. The second kappa shape index (κ2) is 5.43. The Morgan fingerprint density at radius 2 is 2.21 bits per heavy atom. The molecular formula is C13H14N4O2. The monoisotopic (exact) mass is 258 g/mol. The molecule has 98 valence electrons. The Bertz CT molecular complexity index is 576. The number of nitrogen functional groups attached to an aromatic ring is 1. The van der Waals surface area contributed by atoms with E-state index in [0.29, 0.717) is 17.9 Å². The van der Waals surface area contributed by atoms with E-state index in [9.17, 15) is 4.79 Å². The number of carbonyl (C=O) groups is 1. The zero-order chi connectivity index (χ0) is 13.8. The summed E-state index contributed by atoms with van der Waals surface area (Å²) in [5.41, 5.74) is 7.50. The SMILES string of the molecule is COC(=O)c1c(C)nc(Cc2cccnc2)nc1N. The summed E-state index contributed by atoms with van der Waals surface area (Å²) in [6, 6.07) is 3.77. The summed E-state index contributed by atoms with van der Waals surface area (Å²) in [4.78, 5) is 24.0. The van der Waals surface area contributed by atoms with Gasteiger partial charge in [0.1, 0.15) is 17.2 Å². The molecule has 0 bridgehead atoms. The van der Waals surface area contributed by atoms with Crippen molar-refractivity contribution in [1.29, 1.82) is 0 Å². The molecule has 2 rings (SSSR count). The highest BCUT2D eigenvalue weighted by Crippen LogP contribution is 2.15. The molecular weight excluding hydrogens is 244 g/mol. The number of anilines is 1. The number of esters is 1. The van der Waals surface area contributed by atoms with Crippen LogP contribution in [0.3, 0.4) is 0 Å². The minimum Gasteiger partial charge on any atom is -0.465 e. The largest absolute Gasteiger partial charge is 0.465 e. The molecule has 2 N–H and O–H groups in total. The molecule has 6 heteroatoms. The molecule has 2 aromatic rings. The van der Waals surface area contributed by atoms with Crippen LogP contribution in [-0.2, 0) is 11.2 Å². The molecule has 2 heterocycles. The number of carbonyl (C=O) groups excluding carboxylic acids is 1. The van der Waals surface area contributed by atoms with Gasteiger partial charge in [0.15, 0.2) is 0 Å². The Kier molecular flexibility index (Phi) is 3.70. The summed E-state index contributed by atoms with van der Waals surface area (Å²) in [5.74, 6) is 0.164. The van der Waals surface area contributed by atoms with Gasteiger partial charge in [-0.15, -0.1) is 0 Å². The van der Waals surface area contributed by atoms with Crippen molar-refractivity contribution in [3.05, 3.63) is 47.2 Å². The molecule has 0 spiro atoms. The van der Waals surface area contributed by atoms with E-state index in [4.69, 9.17) is 5.73 Å². The lowest BCUT2D eigenvalue weighted by Crippen LogP contribution is -2.13. The highest BCUT2D eigenvalue weighted by molar-refractivity contribution is 5.95. The average Bonchev–Trinajstić information content (AvgIpc) is 2.38. The van der Waals surface area contributed by atoms with Gasteiger partial charge in [-0.2, -0.15) is 0 Å². The number of hydrogen-bond donors (Lipinski definition) is 1. The molecule has 6 nitrogen and oxygen atoms in total. The molecule has 0 aliphatic rings. The molecule has 0 fully saturated rings. The summed E-state index contributed by atoms with van der Waals surface area (Å²) < 4.78 is 4.65. The number of rotatable bonds is 3. The summed E-state index contributed by atoms with van der Waals surface area (Å²) in [6.07, 6.45) is 3.95. The fourth-order valence-electron chi connectivity index (χ4n) is 1.77. The first-order valence-electron chi connectivity index (χ1n) is 5.72. The van der Waals surface area contributed by atoms with Crippen molar-refractivity contribution in [3.63, 3.8) is 0 Å². The predicted molar refractivity (Wildman–Crippen MR) is 69.6 cm³/mol. The van der Waals surface area contributed by atoms with E-state index in [2.05, 4.69) is 19.7 Å². The summed E-state index contributed by atoms with van der Waals surface area (Å²) >= 11 is 0. The maximum absolute atomic E-state index is 11.5. The standard InChI is InChI=1S/C13H14N4O2/c1-8-11(13(18)19-2)12(14)17-10(16-8)6-9-4-3-5-15-7-9/h3-5,7H,6H2,1-2H3,(H2,14,16,17). The number of methoxy groups -OCH3 is 1. The van der Waals surface area contributed by atoms with Crippen molar-refractivity contribution in [2.75, 3.05) is 12.8 Å². The molecule has 0 aliphatic heterocycles. The zero-order valence-corrected chi connectivity index (χ0v) is 10.8. The average molecular weight is 258 g/mol. The quantitative estimate of drug-likeness (QED) is 0.830. The van der Waals surface area contributed by atoms with Gasteiger partial charge in [0, 0.05) is 18.8 Å². The lowest BCUT2D eigenvalue weighted by molar-refractivity contribution is 0.0600. The van der Waals surface area contributed by atoms with Crippen LogP contribution in [0.5, 0.6) is 0 Å². The first-order valence-corrected chi connectivity index (χ1v) is 5.72. The van der Waals surface area contributed by atoms with E-state index in [-0.39, 0.29) is 11.4 Å². The van der Waals surface area contributed by atoms with Gasteiger partial charge in [-0.1, -0.05) is 6.07 Å². The van der Waals surface area contributed by atoms with E-state index in [0.717, 1.165) is 5.56 Å². The maximum atomic E-state index is 11.5. The van der Waals surface area contributed by atoms with Crippen molar-refractivity contribution in [1.82, 2.24) is 15.0 Å². The van der Waals surface area contributed by atoms with Gasteiger partial charge >= 0.3 is 5.97 Å². The van der Waals surface area contributed by atoms with Gasteiger partial charge in [0.2, 0.25) is 0 Å². The van der Waals surface area contributed by atoms with Crippen LogP contribution < -0.4 is 5.73 Å². The number of hydrogen-bond acceptors (Lipinski definition) is 6. The minimum atomic E-state index is -0.525. The number of ether oxygens (including phenoxy) is 1. The first-order chi connectivity index (χ1) is 9.11. The number of pyridine rings is 1. The lowest BCUT2D eigenvalue weighted by atomic mass is 10.1. The Morgan fingerprint density at radius 3 is 2.79 bits per heavy atom. The normalized spacial score (nSPS) is 10.2. The topological polar surface area (TPSA) is 91.0 Å². The van der Waals surface area contributed by atoms with E-state index < -0.39 is 5.97 Å². The molecule has 0 radical (unpaired) electrons. The number of nitrogens with zero attached hydrogens (tertiary/aromatic N) is 3. The van der Waals surface area contributed by atoms with Crippen molar-refractivity contribution < 1.29 is 9.53 Å². The Hall–Kier alpha value is -2.50. The van der Waals surface area contributed by atoms with Crippen LogP contribution in [-0.4, -0.2) is 28.0 Å². The maximum Gasteiger partial charge on any atom is 0.343 e. The Morgan fingerprint density at radius 1 is 1.42 bits per heavy atom. The van der Waals surface area contributed by atoms with Gasteiger partial charge in [-0.05, 0) is 18.6 Å². The number of aromatic nitrogens is 3. The van der Waals surface area contributed by atoms with E-state index >= 15 is 0 Å². The second-order valence-corrected chi connectivity index (χ2v) is 4.02. The van der Waals surface area contributed by atoms with Crippen molar-refractivity contribution in [2.24, 2.45) is 0 Å². The zero-order valence-electron chi connectivity index (χ0n) is 10.8. The van der Waals surface area contributed by atoms with Crippen LogP contribution >= 0.6 is 0 Å². The van der Waals surface area contributed by atoms with E-state index in [1.54, 1.807) is 19.3 Å². The third-order valence-corrected chi connectivity index (χ3v) is 2.64. The van der Waals surface area contributed by atoms with Crippen LogP contribution in [0, 0.1) is 6.92 Å². The third-order valence-electron chi connectivity index (χ3n) is 2.64. The molecule has 0 saturated carbocycles. The van der Waals surface area contributed by atoms with Crippen molar-refractivity contribution in [2.45, 2.75) is 13.3 Å². The van der Waals surface area contributed by atoms with Crippen molar-refractivity contribution in [3.8, 4) is 0 Å². The van der Waals surface area contributed by atoms with Gasteiger partial charge in [-0.25, -0.2) is 14.8 Å². The molecule has 19 heavy (non-hydrogen) atoms. The minimum absolute atomic E-state index is 0.137. The fourth-order valence-corrected chi connectivity index (χ4v) is 1.77. The highest BCUT2D eigenvalue weighted by atomic mass is 16.5. The van der Waals surface area contributed by atoms with Gasteiger partial charge in [0.25, 0.3) is 0 Å². The fraction of sp³-hybridized carbons (Fsp3) is 0.231. The van der Waals surface area contributed by atoms with Crippen LogP contribution in [0.2, 0.25) is 0 Å². The molecule has 0 amide bonds. The smallest absolute Gasteiger partial charge is 0.343 e. The van der Waals surface area contributed by atoms with Crippen LogP contribution in [0.15, 0.2) is 24.5 Å². The Labute approximate surface area is 110 Å². The highest BCUT2D eigenvalue weighted by Gasteiger charge is 2.17. The van der Waals surface area contributed by atoms with Crippen LogP contribution in [0.25, 0.3) is 0 Å². The van der Waals surface area contributed by atoms with E-state index in [1.807, 2.05) is 12.1 Å². The number of nitrogens with two attached hydrogens (primary N) is 1. The predicted octanol–water partition coefficient (Wildman–Crippen LogP) is 1.14. The third kappa shape index (κ3) is 2.85. The van der Waals surface area contributed by atoms with Gasteiger partial charge < -0.3 is 10.5 Å². The first kappa shape index (κ1) is 12.9. The molecule has 2 aromatic heterocycles.